The van der Waals surface area contributed by atoms with Crippen LogP contribution in [0.3, 0.4) is 0 Å². The van der Waals surface area contributed by atoms with E-state index in [2.05, 4.69) is 54.3 Å². The zero-order valence-corrected chi connectivity index (χ0v) is 13.1. The minimum atomic E-state index is -0.518. The van der Waals surface area contributed by atoms with Gasteiger partial charge in [-0.25, -0.2) is 9.97 Å². The van der Waals surface area contributed by atoms with Crippen LogP contribution in [0.2, 0.25) is 0 Å². The summed E-state index contributed by atoms with van der Waals surface area (Å²) in [5, 5.41) is 2.92. The van der Waals surface area contributed by atoms with E-state index in [1.807, 2.05) is 0 Å². The molecule has 2 aromatic rings. The third-order valence-electron chi connectivity index (χ3n) is 4.95. The fourth-order valence-electron chi connectivity index (χ4n) is 3.62. The summed E-state index contributed by atoms with van der Waals surface area (Å²) in [6, 6.07) is 6.63. The predicted octanol–water partition coefficient (Wildman–Crippen LogP) is 2.76. The summed E-state index contributed by atoms with van der Waals surface area (Å²) in [5.41, 5.74) is 4.39. The molecule has 1 spiro atoms. The molecule has 1 amide bonds. The molecule has 1 aliphatic heterocycles. The van der Waals surface area contributed by atoms with E-state index in [-0.39, 0.29) is 11.3 Å². The van der Waals surface area contributed by atoms with Crippen molar-refractivity contribution in [2.45, 2.75) is 44.4 Å². The van der Waals surface area contributed by atoms with Gasteiger partial charge in [0.1, 0.15) is 12.1 Å². The van der Waals surface area contributed by atoms with E-state index in [0.717, 1.165) is 18.4 Å². The SMILES string of the molecule is CC(C)(C)c1ccc2c(c1)CC1(C2)C(=O)Nc2ncncc21. The van der Waals surface area contributed by atoms with Gasteiger partial charge in [0.05, 0.1) is 5.41 Å². The smallest absolute Gasteiger partial charge is 0.237 e. The summed E-state index contributed by atoms with van der Waals surface area (Å²) < 4.78 is 0. The summed E-state index contributed by atoms with van der Waals surface area (Å²) in [4.78, 5) is 21.0. The highest BCUT2D eigenvalue weighted by Gasteiger charge is 2.51. The molecule has 0 fully saturated rings. The number of anilines is 1. The summed E-state index contributed by atoms with van der Waals surface area (Å²) in [6.45, 7) is 6.64. The van der Waals surface area contributed by atoms with E-state index >= 15 is 0 Å². The highest BCUT2D eigenvalue weighted by atomic mass is 16.2. The maximum absolute atomic E-state index is 12.6. The first-order valence-corrected chi connectivity index (χ1v) is 7.64. The lowest BCUT2D eigenvalue weighted by Gasteiger charge is -2.20. The fourth-order valence-corrected chi connectivity index (χ4v) is 3.62. The molecule has 1 N–H and O–H groups in total. The Labute approximate surface area is 130 Å². The van der Waals surface area contributed by atoms with Crippen molar-refractivity contribution >= 4 is 11.7 Å². The lowest BCUT2D eigenvalue weighted by atomic mass is 9.80. The minimum Gasteiger partial charge on any atom is -0.310 e. The van der Waals surface area contributed by atoms with Gasteiger partial charge in [-0.15, -0.1) is 0 Å². The molecule has 0 radical (unpaired) electrons. The van der Waals surface area contributed by atoms with E-state index < -0.39 is 5.41 Å². The topological polar surface area (TPSA) is 54.9 Å². The number of hydrogen-bond acceptors (Lipinski definition) is 3. The second-order valence-corrected chi connectivity index (χ2v) is 7.41. The largest absolute Gasteiger partial charge is 0.310 e. The number of fused-ring (bicyclic) bond motifs is 3. The Bertz CT molecular complexity index is 791. The standard InChI is InChI=1S/C18H19N3O/c1-17(2,3)13-5-4-11-7-18(8-12(11)6-13)14-9-19-10-20-15(14)21-16(18)22/h4-6,9-10H,7-8H2,1-3H3,(H,19,20,21,22). The third kappa shape index (κ3) is 1.73. The normalized spacial score (nSPS) is 22.6. The molecular weight excluding hydrogens is 274 g/mol. The fraction of sp³-hybridized carbons (Fsp3) is 0.389. The van der Waals surface area contributed by atoms with Crippen LogP contribution in [0.4, 0.5) is 5.82 Å². The highest BCUT2D eigenvalue weighted by molar-refractivity contribution is 6.06. The van der Waals surface area contributed by atoms with Gasteiger partial charge in [0, 0.05) is 11.8 Å². The van der Waals surface area contributed by atoms with Gasteiger partial charge in [-0.2, -0.15) is 0 Å². The number of nitrogens with one attached hydrogen (secondary N) is 1. The number of rotatable bonds is 0. The Morgan fingerprint density at radius 3 is 2.73 bits per heavy atom. The van der Waals surface area contributed by atoms with Crippen LogP contribution < -0.4 is 5.32 Å². The van der Waals surface area contributed by atoms with Crippen LogP contribution in [0.1, 0.15) is 43.0 Å². The number of hydrogen-bond donors (Lipinski definition) is 1. The maximum atomic E-state index is 12.6. The van der Waals surface area contributed by atoms with Crippen molar-refractivity contribution in [2.75, 3.05) is 5.32 Å². The van der Waals surface area contributed by atoms with Crippen LogP contribution in [0, 0.1) is 0 Å². The first-order chi connectivity index (χ1) is 10.4. The Morgan fingerprint density at radius 2 is 1.95 bits per heavy atom. The Balaban J connectivity index is 1.81. The Kier molecular flexibility index (Phi) is 2.54. The quantitative estimate of drug-likeness (QED) is 0.812. The van der Waals surface area contributed by atoms with E-state index in [1.165, 1.54) is 23.0 Å². The van der Waals surface area contributed by atoms with Crippen LogP contribution in [0.15, 0.2) is 30.7 Å². The van der Waals surface area contributed by atoms with Gasteiger partial charge in [-0.1, -0.05) is 39.0 Å². The van der Waals surface area contributed by atoms with Gasteiger partial charge in [0.15, 0.2) is 0 Å². The molecule has 0 saturated heterocycles. The third-order valence-corrected chi connectivity index (χ3v) is 4.95. The second-order valence-electron chi connectivity index (χ2n) is 7.41. The number of carbonyl (C=O) groups excluding carboxylic acids is 1. The molecule has 22 heavy (non-hydrogen) atoms. The van der Waals surface area contributed by atoms with Crippen molar-refractivity contribution in [1.82, 2.24) is 9.97 Å². The van der Waals surface area contributed by atoms with E-state index in [1.54, 1.807) is 6.20 Å². The van der Waals surface area contributed by atoms with Crippen LogP contribution in [-0.4, -0.2) is 15.9 Å². The van der Waals surface area contributed by atoms with Crippen molar-refractivity contribution in [3.63, 3.8) is 0 Å². The molecule has 4 heteroatoms. The second kappa shape index (κ2) is 4.15. The van der Waals surface area contributed by atoms with Gasteiger partial charge in [-0.3, -0.25) is 4.79 Å². The minimum absolute atomic E-state index is 0.0523. The summed E-state index contributed by atoms with van der Waals surface area (Å²) in [6.07, 6.45) is 4.74. The molecule has 2 aliphatic rings. The van der Waals surface area contributed by atoms with Gasteiger partial charge in [0.25, 0.3) is 0 Å². The summed E-state index contributed by atoms with van der Waals surface area (Å²) in [5.74, 6) is 0.723. The van der Waals surface area contributed by atoms with Gasteiger partial charge < -0.3 is 5.32 Å². The molecular formula is C18H19N3O. The van der Waals surface area contributed by atoms with Crippen molar-refractivity contribution < 1.29 is 4.79 Å². The van der Waals surface area contributed by atoms with E-state index in [4.69, 9.17) is 0 Å². The van der Waals surface area contributed by atoms with Crippen molar-refractivity contribution in [3.05, 3.63) is 53.0 Å². The van der Waals surface area contributed by atoms with Crippen LogP contribution in [0.5, 0.6) is 0 Å². The molecule has 2 heterocycles. The van der Waals surface area contributed by atoms with Crippen molar-refractivity contribution in [1.29, 1.82) is 0 Å². The average molecular weight is 293 g/mol. The summed E-state index contributed by atoms with van der Waals surface area (Å²) in [7, 11) is 0. The first kappa shape index (κ1) is 13.4. The Morgan fingerprint density at radius 1 is 1.18 bits per heavy atom. The maximum Gasteiger partial charge on any atom is 0.237 e. The zero-order chi connectivity index (χ0) is 15.5. The van der Waals surface area contributed by atoms with Crippen molar-refractivity contribution in [2.24, 2.45) is 0 Å². The van der Waals surface area contributed by atoms with Crippen LogP contribution in [0.25, 0.3) is 0 Å². The highest BCUT2D eigenvalue weighted by Crippen LogP contribution is 2.46. The van der Waals surface area contributed by atoms with Crippen molar-refractivity contribution in [3.8, 4) is 0 Å². The first-order valence-electron chi connectivity index (χ1n) is 7.64. The number of amides is 1. The monoisotopic (exact) mass is 293 g/mol. The van der Waals surface area contributed by atoms with E-state index in [0.29, 0.717) is 5.82 Å². The molecule has 0 bridgehead atoms. The Hall–Kier alpha value is -2.23. The summed E-state index contributed by atoms with van der Waals surface area (Å²) >= 11 is 0. The molecule has 1 unspecified atom stereocenters. The predicted molar refractivity (Wildman–Crippen MR) is 84.9 cm³/mol. The number of benzene rings is 1. The molecule has 4 nitrogen and oxygen atoms in total. The lowest BCUT2D eigenvalue weighted by molar-refractivity contribution is -0.120. The molecule has 1 atom stereocenters. The van der Waals surface area contributed by atoms with Gasteiger partial charge in [0.2, 0.25) is 5.91 Å². The molecule has 1 aromatic heterocycles. The zero-order valence-electron chi connectivity index (χ0n) is 13.1. The number of aromatic nitrogens is 2. The molecule has 112 valence electrons. The average Bonchev–Trinajstić information content (AvgIpc) is 2.97. The van der Waals surface area contributed by atoms with Gasteiger partial charge >= 0.3 is 0 Å². The molecule has 0 saturated carbocycles. The molecule has 4 rings (SSSR count). The molecule has 1 aliphatic carbocycles. The number of carbonyl (C=O) groups is 1. The molecule has 1 aromatic carbocycles. The van der Waals surface area contributed by atoms with Crippen LogP contribution >= 0.6 is 0 Å². The van der Waals surface area contributed by atoms with Crippen LogP contribution in [-0.2, 0) is 28.5 Å². The number of nitrogens with zero attached hydrogens (tertiary/aromatic N) is 2. The van der Waals surface area contributed by atoms with E-state index in [9.17, 15) is 4.79 Å². The lowest BCUT2D eigenvalue weighted by Crippen LogP contribution is -2.35. The van der Waals surface area contributed by atoms with Gasteiger partial charge in [-0.05, 0) is 34.9 Å².